The third-order valence-electron chi connectivity index (χ3n) is 5.01. The summed E-state index contributed by atoms with van der Waals surface area (Å²) in [6.45, 7) is 7.99. The molecule has 1 fully saturated rings. The average Bonchev–Trinajstić information content (AvgIpc) is 3.34. The number of nitrogens with zero attached hydrogens (tertiary/aromatic N) is 6. The summed E-state index contributed by atoms with van der Waals surface area (Å²) in [6.07, 6.45) is 2.38. The molecule has 8 nitrogen and oxygen atoms in total. The first kappa shape index (κ1) is 20.0. The van der Waals surface area contributed by atoms with Crippen LogP contribution in [0.2, 0.25) is 0 Å². The van der Waals surface area contributed by atoms with E-state index in [4.69, 9.17) is 0 Å². The van der Waals surface area contributed by atoms with E-state index < -0.39 is 10.0 Å². The number of rotatable bonds is 5. The molecule has 154 valence electrons. The number of anilines is 1. The molecule has 1 aliphatic rings. The highest BCUT2D eigenvalue weighted by atomic mass is 32.2. The maximum Gasteiger partial charge on any atom is 0.252 e. The molecule has 1 saturated heterocycles. The first-order valence-corrected chi connectivity index (χ1v) is 11.8. The molecule has 0 amide bonds. The SMILES string of the molecule is CCc1ccc(S(=O)(=O)N2CCN(c3cc(-n4nc(C)cc4C)ncn3)CC2)s1. The van der Waals surface area contributed by atoms with Gasteiger partial charge in [0.05, 0.1) is 5.69 Å². The van der Waals surface area contributed by atoms with E-state index in [-0.39, 0.29) is 0 Å². The fourth-order valence-electron chi connectivity index (χ4n) is 3.46. The number of aryl methyl sites for hydroxylation is 3. The Kier molecular flexibility index (Phi) is 5.41. The predicted molar refractivity (Wildman–Crippen MR) is 113 cm³/mol. The molecular formula is C19H24N6O2S2. The number of hydrogen-bond donors (Lipinski definition) is 0. The largest absolute Gasteiger partial charge is 0.354 e. The second-order valence-corrected chi connectivity index (χ2v) is 10.4. The third kappa shape index (κ3) is 3.92. The lowest BCUT2D eigenvalue weighted by Crippen LogP contribution is -2.48. The van der Waals surface area contributed by atoms with Gasteiger partial charge in [-0.2, -0.15) is 9.40 Å². The van der Waals surface area contributed by atoms with Crippen molar-refractivity contribution in [1.82, 2.24) is 24.1 Å². The molecule has 4 heterocycles. The molecule has 3 aromatic rings. The van der Waals surface area contributed by atoms with E-state index in [1.807, 2.05) is 39.0 Å². The Morgan fingerprint density at radius 1 is 1.03 bits per heavy atom. The summed E-state index contributed by atoms with van der Waals surface area (Å²) in [4.78, 5) is 11.9. The van der Waals surface area contributed by atoms with E-state index >= 15 is 0 Å². The Bertz CT molecular complexity index is 1110. The Morgan fingerprint density at radius 3 is 2.38 bits per heavy atom. The van der Waals surface area contributed by atoms with Crippen molar-refractivity contribution in [1.29, 1.82) is 0 Å². The van der Waals surface area contributed by atoms with E-state index in [0.717, 1.165) is 28.5 Å². The van der Waals surface area contributed by atoms with Gasteiger partial charge in [-0.3, -0.25) is 0 Å². The number of aromatic nitrogens is 4. The lowest BCUT2D eigenvalue weighted by Gasteiger charge is -2.34. The van der Waals surface area contributed by atoms with Crippen LogP contribution in [0.4, 0.5) is 5.82 Å². The second kappa shape index (κ2) is 7.85. The second-order valence-electron chi connectivity index (χ2n) is 7.04. The minimum atomic E-state index is -3.43. The van der Waals surface area contributed by atoms with Crippen LogP contribution in [0.25, 0.3) is 5.82 Å². The van der Waals surface area contributed by atoms with E-state index in [9.17, 15) is 8.42 Å². The Labute approximate surface area is 174 Å². The summed E-state index contributed by atoms with van der Waals surface area (Å²) >= 11 is 1.36. The van der Waals surface area contributed by atoms with E-state index in [1.54, 1.807) is 15.1 Å². The first-order valence-electron chi connectivity index (χ1n) is 9.58. The third-order valence-corrected chi connectivity index (χ3v) is 8.60. The van der Waals surface area contributed by atoms with Gasteiger partial charge in [-0.05, 0) is 38.5 Å². The summed E-state index contributed by atoms with van der Waals surface area (Å²) in [5.74, 6) is 1.49. The van der Waals surface area contributed by atoms with Crippen molar-refractivity contribution < 1.29 is 8.42 Å². The molecule has 0 radical (unpaired) electrons. The van der Waals surface area contributed by atoms with Crippen LogP contribution < -0.4 is 4.90 Å². The quantitative estimate of drug-likeness (QED) is 0.616. The first-order chi connectivity index (χ1) is 13.9. The standard InChI is InChI=1S/C19H24N6O2S2/c1-4-16-5-6-19(28-16)29(26,27)24-9-7-23(8-10-24)17-12-18(21-13-20-17)25-15(3)11-14(2)22-25/h5-6,11-13H,4,7-10H2,1-3H3. The molecule has 3 aromatic heterocycles. The molecule has 0 unspecified atom stereocenters. The highest BCUT2D eigenvalue weighted by molar-refractivity contribution is 7.91. The Hall–Kier alpha value is -2.30. The van der Waals surface area contributed by atoms with Gasteiger partial charge < -0.3 is 4.90 Å². The van der Waals surface area contributed by atoms with Gasteiger partial charge in [0.25, 0.3) is 10.0 Å². The molecule has 1 aliphatic heterocycles. The Balaban J connectivity index is 1.49. The Morgan fingerprint density at radius 2 is 1.76 bits per heavy atom. The summed E-state index contributed by atoms with van der Waals surface area (Å²) < 4.78 is 29.6. The zero-order chi connectivity index (χ0) is 20.6. The monoisotopic (exact) mass is 432 g/mol. The molecular weight excluding hydrogens is 408 g/mol. The van der Waals surface area contributed by atoms with E-state index in [0.29, 0.717) is 36.2 Å². The summed E-state index contributed by atoms with van der Waals surface area (Å²) in [6, 6.07) is 7.52. The molecule has 29 heavy (non-hydrogen) atoms. The van der Waals surface area contributed by atoms with Crippen molar-refractivity contribution in [3.8, 4) is 5.82 Å². The highest BCUT2D eigenvalue weighted by Gasteiger charge is 2.30. The zero-order valence-corrected chi connectivity index (χ0v) is 18.4. The summed E-state index contributed by atoms with van der Waals surface area (Å²) in [5.41, 5.74) is 1.94. The molecule has 0 bridgehead atoms. The van der Waals surface area contributed by atoms with Crippen molar-refractivity contribution in [3.05, 3.63) is 46.9 Å². The van der Waals surface area contributed by atoms with Crippen LogP contribution in [0.1, 0.15) is 23.2 Å². The molecule has 10 heteroatoms. The highest BCUT2D eigenvalue weighted by Crippen LogP contribution is 2.27. The van der Waals surface area contributed by atoms with Crippen LogP contribution in [-0.2, 0) is 16.4 Å². The van der Waals surface area contributed by atoms with Crippen LogP contribution in [-0.4, -0.2) is 58.7 Å². The minimum absolute atomic E-state index is 0.427. The van der Waals surface area contributed by atoms with Crippen molar-refractivity contribution in [3.63, 3.8) is 0 Å². The minimum Gasteiger partial charge on any atom is -0.354 e. The van der Waals surface area contributed by atoms with E-state index in [2.05, 4.69) is 20.0 Å². The van der Waals surface area contributed by atoms with Crippen LogP contribution >= 0.6 is 11.3 Å². The van der Waals surface area contributed by atoms with Crippen molar-refractivity contribution in [2.75, 3.05) is 31.1 Å². The van der Waals surface area contributed by atoms with Gasteiger partial charge in [-0.15, -0.1) is 11.3 Å². The number of thiophene rings is 1. The van der Waals surface area contributed by atoms with Crippen LogP contribution in [0.15, 0.2) is 34.8 Å². The van der Waals surface area contributed by atoms with Gasteiger partial charge in [-0.25, -0.2) is 23.1 Å². The van der Waals surface area contributed by atoms with E-state index in [1.165, 1.54) is 17.7 Å². The number of hydrogen-bond acceptors (Lipinski definition) is 7. The molecule has 4 rings (SSSR count). The van der Waals surface area contributed by atoms with Crippen molar-refractivity contribution in [2.45, 2.75) is 31.4 Å². The average molecular weight is 433 g/mol. The molecule has 0 saturated carbocycles. The summed E-state index contributed by atoms with van der Waals surface area (Å²) in [7, 11) is -3.43. The maximum atomic E-state index is 12.9. The normalized spacial score (nSPS) is 15.8. The number of sulfonamides is 1. The molecule has 0 spiro atoms. The maximum absolute atomic E-state index is 12.9. The molecule has 0 N–H and O–H groups in total. The van der Waals surface area contributed by atoms with Gasteiger partial charge >= 0.3 is 0 Å². The molecule has 0 aromatic carbocycles. The topological polar surface area (TPSA) is 84.2 Å². The predicted octanol–water partition coefficient (Wildman–Crippen LogP) is 2.41. The van der Waals surface area contributed by atoms with Crippen LogP contribution in [0.5, 0.6) is 0 Å². The van der Waals surface area contributed by atoms with Gasteiger partial charge in [0.2, 0.25) is 0 Å². The van der Waals surface area contributed by atoms with Gasteiger partial charge in [0.1, 0.15) is 16.4 Å². The molecule has 0 aliphatic carbocycles. The number of piperazine rings is 1. The van der Waals surface area contributed by atoms with Gasteiger partial charge in [0.15, 0.2) is 5.82 Å². The zero-order valence-electron chi connectivity index (χ0n) is 16.7. The van der Waals surface area contributed by atoms with Crippen molar-refractivity contribution >= 4 is 27.2 Å². The lowest BCUT2D eigenvalue weighted by atomic mass is 10.3. The van der Waals surface area contributed by atoms with Crippen LogP contribution in [0, 0.1) is 13.8 Å². The van der Waals surface area contributed by atoms with Gasteiger partial charge in [-0.1, -0.05) is 6.92 Å². The van der Waals surface area contributed by atoms with Gasteiger partial charge in [0, 0.05) is 42.8 Å². The fraction of sp³-hybridized carbons (Fsp3) is 0.421. The lowest BCUT2D eigenvalue weighted by molar-refractivity contribution is 0.384. The summed E-state index contributed by atoms with van der Waals surface area (Å²) in [5, 5.41) is 4.48. The van der Waals surface area contributed by atoms with Crippen LogP contribution in [0.3, 0.4) is 0 Å². The smallest absolute Gasteiger partial charge is 0.252 e. The van der Waals surface area contributed by atoms with Crippen molar-refractivity contribution in [2.24, 2.45) is 0 Å². The molecule has 0 atom stereocenters. The fourth-order valence-corrected chi connectivity index (χ4v) is 6.33.